The summed E-state index contributed by atoms with van der Waals surface area (Å²) in [4.78, 5) is 34.9. The van der Waals surface area contributed by atoms with E-state index in [4.69, 9.17) is 9.47 Å². The van der Waals surface area contributed by atoms with Crippen LogP contribution in [0, 0.1) is 13.8 Å². The number of nitrogens with one attached hydrogen (secondary N) is 2. The van der Waals surface area contributed by atoms with Crippen LogP contribution >= 0.6 is 0 Å². The molecule has 2 aromatic carbocycles. The summed E-state index contributed by atoms with van der Waals surface area (Å²) in [5.74, 6) is -0.539. The summed E-state index contributed by atoms with van der Waals surface area (Å²) in [6, 6.07) is 12.2. The number of ether oxygens (including phenoxy) is 2. The summed E-state index contributed by atoms with van der Waals surface area (Å²) < 4.78 is 10.6. The maximum atomic E-state index is 12.0. The molecule has 7 nitrogen and oxygen atoms in total. The molecule has 0 bridgehead atoms. The number of amides is 2. The second-order valence-corrected chi connectivity index (χ2v) is 6.31. The van der Waals surface area contributed by atoms with Gasteiger partial charge in [0.1, 0.15) is 12.4 Å². The molecular formula is C21H24N2O5. The van der Waals surface area contributed by atoms with Crippen molar-refractivity contribution in [2.24, 2.45) is 0 Å². The molecule has 0 heterocycles. The van der Waals surface area contributed by atoms with E-state index in [1.54, 1.807) is 18.2 Å². The largest absolute Gasteiger partial charge is 0.491 e. The number of rotatable bonds is 8. The van der Waals surface area contributed by atoms with Crippen molar-refractivity contribution in [2.75, 3.05) is 25.1 Å². The van der Waals surface area contributed by atoms with E-state index in [-0.39, 0.29) is 11.5 Å². The van der Waals surface area contributed by atoms with E-state index in [2.05, 4.69) is 10.6 Å². The van der Waals surface area contributed by atoms with Gasteiger partial charge in [-0.1, -0.05) is 23.8 Å². The van der Waals surface area contributed by atoms with Gasteiger partial charge in [-0.25, -0.2) is 4.79 Å². The molecule has 28 heavy (non-hydrogen) atoms. The van der Waals surface area contributed by atoms with Crippen LogP contribution in [0.3, 0.4) is 0 Å². The van der Waals surface area contributed by atoms with Crippen LogP contribution in [0.5, 0.6) is 5.75 Å². The van der Waals surface area contributed by atoms with Crippen molar-refractivity contribution in [1.29, 1.82) is 0 Å². The van der Waals surface area contributed by atoms with Crippen molar-refractivity contribution < 1.29 is 23.9 Å². The fourth-order valence-corrected chi connectivity index (χ4v) is 2.51. The van der Waals surface area contributed by atoms with Gasteiger partial charge in [-0.15, -0.1) is 0 Å². The number of benzene rings is 2. The smallest absolute Gasteiger partial charge is 0.338 e. The van der Waals surface area contributed by atoms with E-state index in [0.717, 1.165) is 16.9 Å². The first-order valence-corrected chi connectivity index (χ1v) is 8.86. The van der Waals surface area contributed by atoms with E-state index in [1.165, 1.54) is 13.0 Å². The summed E-state index contributed by atoms with van der Waals surface area (Å²) in [6.07, 6.45) is 0. The van der Waals surface area contributed by atoms with Gasteiger partial charge < -0.3 is 20.1 Å². The minimum absolute atomic E-state index is 0.243. The predicted octanol–water partition coefficient (Wildman–Crippen LogP) is 2.61. The molecule has 2 rings (SSSR count). The number of hydrogen-bond acceptors (Lipinski definition) is 5. The molecule has 0 saturated heterocycles. The first-order chi connectivity index (χ1) is 13.3. The third-order valence-corrected chi connectivity index (χ3v) is 3.77. The molecule has 0 saturated carbocycles. The Morgan fingerprint density at radius 3 is 2.54 bits per heavy atom. The second kappa shape index (κ2) is 10.1. The minimum Gasteiger partial charge on any atom is -0.491 e. The van der Waals surface area contributed by atoms with Crippen LogP contribution < -0.4 is 15.4 Å². The Hall–Kier alpha value is -3.35. The fourth-order valence-electron chi connectivity index (χ4n) is 2.51. The fraction of sp³-hybridized carbons (Fsp3) is 0.286. The van der Waals surface area contributed by atoms with E-state index in [1.807, 2.05) is 32.0 Å². The highest BCUT2D eigenvalue weighted by Gasteiger charge is 2.11. The molecule has 0 aromatic heterocycles. The lowest BCUT2D eigenvalue weighted by atomic mass is 10.1. The molecule has 0 fully saturated rings. The van der Waals surface area contributed by atoms with Gasteiger partial charge in [0.05, 0.1) is 12.1 Å². The Morgan fingerprint density at radius 2 is 1.82 bits per heavy atom. The van der Waals surface area contributed by atoms with E-state index in [9.17, 15) is 14.4 Å². The van der Waals surface area contributed by atoms with Crippen molar-refractivity contribution in [2.45, 2.75) is 20.8 Å². The SMILES string of the molecule is CC(=O)Nc1cccc(C(=O)OCC(=O)NCCOc2ccc(C)cc2C)c1. The lowest BCUT2D eigenvalue weighted by Gasteiger charge is -2.11. The number of aryl methyl sites for hydroxylation is 2. The lowest BCUT2D eigenvalue weighted by Crippen LogP contribution is -2.32. The average molecular weight is 384 g/mol. The highest BCUT2D eigenvalue weighted by Crippen LogP contribution is 2.18. The number of carbonyl (C=O) groups is 3. The van der Waals surface area contributed by atoms with Crippen molar-refractivity contribution in [3.05, 3.63) is 59.2 Å². The Morgan fingerprint density at radius 1 is 1.04 bits per heavy atom. The van der Waals surface area contributed by atoms with Crippen LogP contribution in [0.1, 0.15) is 28.4 Å². The van der Waals surface area contributed by atoms with Crippen molar-refractivity contribution in [1.82, 2.24) is 5.32 Å². The maximum Gasteiger partial charge on any atom is 0.338 e. The zero-order chi connectivity index (χ0) is 20.5. The van der Waals surface area contributed by atoms with Crippen LogP contribution in [0.4, 0.5) is 5.69 Å². The predicted molar refractivity (Wildman–Crippen MR) is 105 cm³/mol. The first-order valence-electron chi connectivity index (χ1n) is 8.86. The number of carbonyl (C=O) groups excluding carboxylic acids is 3. The summed E-state index contributed by atoms with van der Waals surface area (Å²) >= 11 is 0. The third-order valence-electron chi connectivity index (χ3n) is 3.77. The molecule has 0 aliphatic rings. The highest BCUT2D eigenvalue weighted by molar-refractivity contribution is 5.94. The quantitative estimate of drug-likeness (QED) is 0.539. The molecule has 2 aromatic rings. The monoisotopic (exact) mass is 384 g/mol. The molecule has 7 heteroatoms. The molecule has 2 N–H and O–H groups in total. The summed E-state index contributed by atoms with van der Waals surface area (Å²) in [5, 5.41) is 5.21. The molecule has 2 amide bonds. The standard InChI is InChI=1S/C21H24N2O5/c1-14-7-8-19(15(2)11-14)27-10-9-22-20(25)13-28-21(26)17-5-4-6-18(12-17)23-16(3)24/h4-8,11-12H,9-10,13H2,1-3H3,(H,22,25)(H,23,24). The van der Waals surface area contributed by atoms with Gasteiger partial charge in [0.25, 0.3) is 5.91 Å². The molecule has 0 aliphatic carbocycles. The van der Waals surface area contributed by atoms with Gasteiger partial charge in [-0.2, -0.15) is 0 Å². The second-order valence-electron chi connectivity index (χ2n) is 6.31. The summed E-state index contributed by atoms with van der Waals surface area (Å²) in [5.41, 5.74) is 2.91. The molecule has 0 spiro atoms. The van der Waals surface area contributed by atoms with Gasteiger partial charge in [0.15, 0.2) is 6.61 Å². The summed E-state index contributed by atoms with van der Waals surface area (Å²) in [7, 11) is 0. The number of hydrogen-bond donors (Lipinski definition) is 2. The maximum absolute atomic E-state index is 12.0. The number of anilines is 1. The van der Waals surface area contributed by atoms with Crippen molar-refractivity contribution in [3.8, 4) is 5.75 Å². The number of esters is 1. The van der Waals surface area contributed by atoms with Gasteiger partial charge in [-0.3, -0.25) is 9.59 Å². The Balaban J connectivity index is 1.72. The van der Waals surface area contributed by atoms with Crippen LogP contribution in [0.15, 0.2) is 42.5 Å². The Bertz CT molecular complexity index is 864. The highest BCUT2D eigenvalue weighted by atomic mass is 16.5. The molecular weight excluding hydrogens is 360 g/mol. The zero-order valence-electron chi connectivity index (χ0n) is 16.2. The average Bonchev–Trinajstić information content (AvgIpc) is 2.64. The summed E-state index contributed by atoms with van der Waals surface area (Å²) in [6.45, 7) is 5.55. The van der Waals surface area contributed by atoms with E-state index in [0.29, 0.717) is 18.8 Å². The third kappa shape index (κ3) is 6.75. The van der Waals surface area contributed by atoms with E-state index >= 15 is 0 Å². The topological polar surface area (TPSA) is 93.7 Å². The zero-order valence-corrected chi connectivity index (χ0v) is 16.2. The molecule has 148 valence electrons. The van der Waals surface area contributed by atoms with Gasteiger partial charge in [0.2, 0.25) is 5.91 Å². The van der Waals surface area contributed by atoms with E-state index < -0.39 is 18.5 Å². The molecule has 0 unspecified atom stereocenters. The molecule has 0 atom stereocenters. The van der Waals surface area contributed by atoms with Gasteiger partial charge in [0, 0.05) is 12.6 Å². The molecule has 0 radical (unpaired) electrons. The Labute approximate surface area is 164 Å². The van der Waals surface area contributed by atoms with Gasteiger partial charge >= 0.3 is 5.97 Å². The minimum atomic E-state index is -0.645. The van der Waals surface area contributed by atoms with Crippen LogP contribution in [0.2, 0.25) is 0 Å². The first kappa shape index (κ1) is 21.0. The Kier molecular flexibility index (Phi) is 7.56. The van der Waals surface area contributed by atoms with Crippen molar-refractivity contribution in [3.63, 3.8) is 0 Å². The van der Waals surface area contributed by atoms with Gasteiger partial charge in [-0.05, 0) is 43.7 Å². The normalized spacial score (nSPS) is 10.1. The van der Waals surface area contributed by atoms with Crippen LogP contribution in [0.25, 0.3) is 0 Å². The molecule has 0 aliphatic heterocycles. The van der Waals surface area contributed by atoms with Crippen LogP contribution in [-0.4, -0.2) is 37.5 Å². The van der Waals surface area contributed by atoms with Crippen molar-refractivity contribution >= 4 is 23.5 Å². The lowest BCUT2D eigenvalue weighted by molar-refractivity contribution is -0.124. The van der Waals surface area contributed by atoms with Crippen LogP contribution in [-0.2, 0) is 14.3 Å².